The predicted octanol–water partition coefficient (Wildman–Crippen LogP) is 2.60. The predicted molar refractivity (Wildman–Crippen MR) is 120 cm³/mol. The number of para-hydroxylation sites is 1. The summed E-state index contributed by atoms with van der Waals surface area (Å²) in [5.41, 5.74) is 1.20. The van der Waals surface area contributed by atoms with Gasteiger partial charge >= 0.3 is 0 Å². The van der Waals surface area contributed by atoms with E-state index < -0.39 is 0 Å². The first kappa shape index (κ1) is 21.9. The van der Waals surface area contributed by atoms with Crippen LogP contribution in [0.2, 0.25) is 0 Å². The Balaban J connectivity index is 1.38. The molecule has 0 atom stereocenters. The van der Waals surface area contributed by atoms with Gasteiger partial charge in [-0.2, -0.15) is 0 Å². The maximum absolute atomic E-state index is 12.5. The van der Waals surface area contributed by atoms with Crippen LogP contribution in [0.5, 0.6) is 0 Å². The SMILES string of the molecule is CCCNC(=O)CSc1nnc(SCC(=O)N2CCN(c3ccccc3)CC2)s1. The van der Waals surface area contributed by atoms with E-state index in [2.05, 4.69) is 32.5 Å². The zero-order chi connectivity index (χ0) is 20.5. The van der Waals surface area contributed by atoms with E-state index in [-0.39, 0.29) is 11.8 Å². The number of rotatable bonds is 9. The molecule has 2 amide bonds. The summed E-state index contributed by atoms with van der Waals surface area (Å²) < 4.78 is 1.51. The van der Waals surface area contributed by atoms with Crippen LogP contribution in [0.1, 0.15) is 13.3 Å². The molecule has 3 rings (SSSR count). The average Bonchev–Trinajstić information content (AvgIpc) is 3.23. The Kier molecular flexibility index (Phi) is 8.63. The number of carbonyl (C=O) groups excluding carboxylic acids is 2. The van der Waals surface area contributed by atoms with Gasteiger partial charge in [-0.05, 0) is 18.6 Å². The zero-order valence-electron chi connectivity index (χ0n) is 16.4. The number of anilines is 1. The van der Waals surface area contributed by atoms with Crippen molar-refractivity contribution in [3.63, 3.8) is 0 Å². The summed E-state index contributed by atoms with van der Waals surface area (Å²) in [5, 5.41) is 11.1. The molecule has 156 valence electrons. The van der Waals surface area contributed by atoms with Crippen LogP contribution in [0.4, 0.5) is 5.69 Å². The molecule has 7 nitrogen and oxygen atoms in total. The maximum atomic E-state index is 12.5. The van der Waals surface area contributed by atoms with Crippen LogP contribution in [0.3, 0.4) is 0 Å². The molecule has 1 N–H and O–H groups in total. The number of nitrogens with zero attached hydrogens (tertiary/aromatic N) is 4. The van der Waals surface area contributed by atoms with Gasteiger partial charge in [0.05, 0.1) is 11.5 Å². The van der Waals surface area contributed by atoms with Gasteiger partial charge in [0.2, 0.25) is 11.8 Å². The van der Waals surface area contributed by atoms with E-state index in [0.717, 1.165) is 41.3 Å². The largest absolute Gasteiger partial charge is 0.368 e. The lowest BCUT2D eigenvalue weighted by Crippen LogP contribution is -2.49. The van der Waals surface area contributed by atoms with Crippen molar-refractivity contribution in [2.75, 3.05) is 49.1 Å². The fourth-order valence-corrected chi connectivity index (χ4v) is 5.58. The summed E-state index contributed by atoms with van der Waals surface area (Å²) in [5.74, 6) is 0.836. The fraction of sp³-hybridized carbons (Fsp3) is 0.474. The van der Waals surface area contributed by atoms with Crippen LogP contribution in [0, 0.1) is 0 Å². The molecule has 1 saturated heterocycles. The third-order valence-corrected chi connectivity index (χ3v) is 7.53. The molecule has 1 aromatic heterocycles. The van der Waals surface area contributed by atoms with Crippen LogP contribution in [0.25, 0.3) is 0 Å². The van der Waals surface area contributed by atoms with Crippen molar-refractivity contribution in [2.45, 2.75) is 22.0 Å². The van der Waals surface area contributed by atoms with E-state index in [1.165, 1.54) is 40.5 Å². The Morgan fingerprint density at radius 1 is 1.03 bits per heavy atom. The summed E-state index contributed by atoms with van der Waals surface area (Å²) in [6, 6.07) is 10.3. The highest BCUT2D eigenvalue weighted by atomic mass is 32.2. The van der Waals surface area contributed by atoms with Gasteiger partial charge in [0.15, 0.2) is 8.68 Å². The van der Waals surface area contributed by atoms with E-state index in [1.54, 1.807) is 0 Å². The van der Waals surface area contributed by atoms with Crippen LogP contribution in [-0.4, -0.2) is 71.1 Å². The van der Waals surface area contributed by atoms with Gasteiger partial charge in [0, 0.05) is 38.4 Å². The quantitative estimate of drug-likeness (QED) is 0.587. The topological polar surface area (TPSA) is 78.4 Å². The lowest BCUT2D eigenvalue weighted by atomic mass is 10.2. The maximum Gasteiger partial charge on any atom is 0.233 e. The van der Waals surface area contributed by atoms with Crippen molar-refractivity contribution in [1.82, 2.24) is 20.4 Å². The molecule has 0 aliphatic carbocycles. The number of hydrogen-bond acceptors (Lipinski definition) is 8. The smallest absolute Gasteiger partial charge is 0.233 e. The molecule has 0 radical (unpaired) electrons. The first-order chi connectivity index (χ1) is 14.2. The van der Waals surface area contributed by atoms with E-state index in [4.69, 9.17) is 0 Å². The Labute approximate surface area is 183 Å². The standard InChI is InChI=1S/C19H25N5O2S3/c1-2-8-20-16(25)13-27-18-21-22-19(29-18)28-14-17(26)24-11-9-23(10-12-24)15-6-4-3-5-7-15/h3-7H,2,8-14H2,1H3,(H,20,25). The molecule has 29 heavy (non-hydrogen) atoms. The van der Waals surface area contributed by atoms with Gasteiger partial charge in [-0.3, -0.25) is 9.59 Å². The Bertz CT molecular complexity index is 794. The van der Waals surface area contributed by atoms with E-state index in [9.17, 15) is 9.59 Å². The summed E-state index contributed by atoms with van der Waals surface area (Å²) in [6.45, 7) is 5.88. The highest BCUT2D eigenvalue weighted by Crippen LogP contribution is 2.29. The highest BCUT2D eigenvalue weighted by Gasteiger charge is 2.21. The van der Waals surface area contributed by atoms with E-state index in [1.807, 2.05) is 30.0 Å². The number of nitrogens with one attached hydrogen (secondary N) is 1. The monoisotopic (exact) mass is 451 g/mol. The fourth-order valence-electron chi connectivity index (χ4n) is 2.82. The minimum atomic E-state index is 0.00563. The Hall–Kier alpha value is -1.78. The molecule has 2 heterocycles. The number of amides is 2. The normalized spacial score (nSPS) is 14.1. The molecule has 0 saturated carbocycles. The number of hydrogen-bond donors (Lipinski definition) is 1. The average molecular weight is 452 g/mol. The van der Waals surface area contributed by atoms with Gasteiger partial charge in [-0.25, -0.2) is 0 Å². The van der Waals surface area contributed by atoms with Gasteiger partial charge in [-0.15, -0.1) is 10.2 Å². The lowest BCUT2D eigenvalue weighted by Gasteiger charge is -2.36. The third-order valence-electron chi connectivity index (χ3n) is 4.36. The number of piperazine rings is 1. The second-order valence-electron chi connectivity index (χ2n) is 6.46. The number of carbonyl (C=O) groups is 2. The second kappa shape index (κ2) is 11.4. The number of thioether (sulfide) groups is 2. The number of aromatic nitrogens is 2. The first-order valence-electron chi connectivity index (χ1n) is 9.59. The Morgan fingerprint density at radius 3 is 2.34 bits per heavy atom. The van der Waals surface area contributed by atoms with Crippen LogP contribution in [0.15, 0.2) is 39.0 Å². The molecule has 1 aliphatic rings. The third kappa shape index (κ3) is 6.90. The van der Waals surface area contributed by atoms with Crippen molar-refractivity contribution >= 4 is 52.4 Å². The molecule has 0 bridgehead atoms. The summed E-state index contributed by atoms with van der Waals surface area (Å²) in [4.78, 5) is 28.4. The van der Waals surface area contributed by atoms with Crippen molar-refractivity contribution < 1.29 is 9.59 Å². The van der Waals surface area contributed by atoms with Gasteiger partial charge in [0.25, 0.3) is 0 Å². The highest BCUT2D eigenvalue weighted by molar-refractivity contribution is 8.03. The van der Waals surface area contributed by atoms with Gasteiger partial charge in [0.1, 0.15) is 0 Å². The van der Waals surface area contributed by atoms with Gasteiger partial charge in [-0.1, -0.05) is 60.0 Å². The molecule has 1 fully saturated rings. The van der Waals surface area contributed by atoms with Crippen LogP contribution in [-0.2, 0) is 9.59 Å². The summed E-state index contributed by atoms with van der Waals surface area (Å²) in [7, 11) is 0. The molecule has 0 unspecified atom stereocenters. The molecular formula is C19H25N5O2S3. The number of benzene rings is 1. The van der Waals surface area contributed by atoms with Crippen LogP contribution >= 0.6 is 34.9 Å². The van der Waals surface area contributed by atoms with Crippen molar-refractivity contribution in [2.24, 2.45) is 0 Å². The second-order valence-corrected chi connectivity index (χ2v) is 9.89. The molecule has 1 aliphatic heterocycles. The molecule has 1 aromatic carbocycles. The van der Waals surface area contributed by atoms with Crippen molar-refractivity contribution in [1.29, 1.82) is 0 Å². The first-order valence-corrected chi connectivity index (χ1v) is 12.4. The van der Waals surface area contributed by atoms with Crippen molar-refractivity contribution in [3.8, 4) is 0 Å². The van der Waals surface area contributed by atoms with Crippen molar-refractivity contribution in [3.05, 3.63) is 30.3 Å². The van der Waals surface area contributed by atoms with Gasteiger partial charge < -0.3 is 15.1 Å². The Morgan fingerprint density at radius 2 is 1.69 bits per heavy atom. The summed E-state index contributed by atoms with van der Waals surface area (Å²) in [6.07, 6.45) is 0.922. The molecular weight excluding hydrogens is 426 g/mol. The lowest BCUT2D eigenvalue weighted by molar-refractivity contribution is -0.128. The van der Waals surface area contributed by atoms with E-state index >= 15 is 0 Å². The zero-order valence-corrected chi connectivity index (χ0v) is 18.8. The molecule has 2 aromatic rings. The molecule has 0 spiro atoms. The molecule has 10 heteroatoms. The van der Waals surface area contributed by atoms with Crippen LogP contribution < -0.4 is 10.2 Å². The minimum absolute atomic E-state index is 0.00563. The summed E-state index contributed by atoms with van der Waals surface area (Å²) >= 11 is 4.22. The van der Waals surface area contributed by atoms with E-state index in [0.29, 0.717) is 18.1 Å². The minimum Gasteiger partial charge on any atom is -0.368 e.